The first kappa shape index (κ1) is 18.1. The third kappa shape index (κ3) is 3.79. The van der Waals surface area contributed by atoms with E-state index in [0.29, 0.717) is 0 Å². The van der Waals surface area contributed by atoms with E-state index >= 15 is 0 Å². The molecular weight excluding hydrogens is 348 g/mol. The number of nitrogens with one attached hydrogen (secondary N) is 2. The molecule has 0 spiro atoms. The minimum Gasteiger partial charge on any atom is -0.493 e. The number of hydrogen-bond donors (Lipinski definition) is 4. The Morgan fingerprint density at radius 1 is 0.889 bits per heavy atom. The van der Waals surface area contributed by atoms with Gasteiger partial charge in [-0.2, -0.15) is 0 Å². The van der Waals surface area contributed by atoms with E-state index in [1.165, 1.54) is 19.9 Å². The van der Waals surface area contributed by atoms with Crippen molar-refractivity contribution in [2.45, 2.75) is 19.8 Å². The number of H-pyrrole nitrogens is 2. The van der Waals surface area contributed by atoms with Crippen LogP contribution in [0.1, 0.15) is 34.3 Å². The van der Waals surface area contributed by atoms with Crippen molar-refractivity contribution in [1.29, 1.82) is 0 Å². The van der Waals surface area contributed by atoms with Crippen molar-refractivity contribution < 1.29 is 10.2 Å². The number of aromatic hydroxyl groups is 2. The maximum Gasteiger partial charge on any atom is 0.258 e. The largest absolute Gasteiger partial charge is 0.493 e. The lowest BCUT2D eigenvalue weighted by molar-refractivity contribution is 0.431. The standard InChI is InChI=1S/C19H18N4O4/c1-10-20-16(24)14(17(25)21-10)13(9-8-12-6-4-3-5-7-12)15-18(26)22-11(2)23-19(15)27/h3-9,13H,1-2H3,(H2,20,21,24,25)(H2,22,23,26,27). The van der Waals surface area contributed by atoms with Crippen molar-refractivity contribution in [2.24, 2.45) is 0 Å². The molecule has 4 N–H and O–H groups in total. The molecule has 1 aromatic carbocycles. The van der Waals surface area contributed by atoms with E-state index in [-0.39, 0.29) is 22.8 Å². The molecule has 138 valence electrons. The Hall–Kier alpha value is -3.68. The molecule has 0 saturated carbocycles. The van der Waals surface area contributed by atoms with E-state index in [9.17, 15) is 19.8 Å². The summed E-state index contributed by atoms with van der Waals surface area (Å²) >= 11 is 0. The first-order chi connectivity index (χ1) is 12.9. The summed E-state index contributed by atoms with van der Waals surface area (Å²) in [5.41, 5.74) is -0.711. The minimum atomic E-state index is -1.06. The van der Waals surface area contributed by atoms with Crippen LogP contribution in [0.25, 0.3) is 6.08 Å². The van der Waals surface area contributed by atoms with Crippen LogP contribution < -0.4 is 11.1 Å². The number of aromatic amines is 2. The third-order valence-corrected chi connectivity index (χ3v) is 4.01. The second-order valence-corrected chi connectivity index (χ2v) is 6.02. The van der Waals surface area contributed by atoms with E-state index in [1.807, 2.05) is 30.3 Å². The maximum absolute atomic E-state index is 12.5. The van der Waals surface area contributed by atoms with Crippen LogP contribution in [0, 0.1) is 13.8 Å². The quantitative estimate of drug-likeness (QED) is 0.556. The fraction of sp³-hybridized carbons (Fsp3) is 0.158. The Morgan fingerprint density at radius 3 is 1.81 bits per heavy atom. The van der Waals surface area contributed by atoms with Crippen molar-refractivity contribution in [1.82, 2.24) is 19.9 Å². The van der Waals surface area contributed by atoms with Gasteiger partial charge < -0.3 is 20.2 Å². The zero-order valence-corrected chi connectivity index (χ0v) is 14.7. The van der Waals surface area contributed by atoms with Crippen molar-refractivity contribution in [3.05, 3.63) is 85.5 Å². The first-order valence-corrected chi connectivity index (χ1v) is 8.19. The molecule has 8 heteroatoms. The summed E-state index contributed by atoms with van der Waals surface area (Å²) in [6.45, 7) is 3.05. The monoisotopic (exact) mass is 366 g/mol. The summed E-state index contributed by atoms with van der Waals surface area (Å²) in [7, 11) is 0. The molecule has 0 aliphatic carbocycles. The second kappa shape index (κ2) is 7.28. The average Bonchev–Trinajstić information content (AvgIpc) is 2.58. The van der Waals surface area contributed by atoms with Crippen LogP contribution in [0.5, 0.6) is 11.8 Å². The van der Waals surface area contributed by atoms with Gasteiger partial charge >= 0.3 is 0 Å². The van der Waals surface area contributed by atoms with E-state index in [4.69, 9.17) is 0 Å². The summed E-state index contributed by atoms with van der Waals surface area (Å²) < 4.78 is 0. The molecule has 0 radical (unpaired) electrons. The predicted octanol–water partition coefficient (Wildman–Crippen LogP) is 1.73. The number of benzene rings is 1. The average molecular weight is 366 g/mol. The summed E-state index contributed by atoms with van der Waals surface area (Å²) in [6, 6.07) is 9.20. The molecular formula is C19H18N4O4. The van der Waals surface area contributed by atoms with Gasteiger partial charge in [-0.25, -0.2) is 9.97 Å². The van der Waals surface area contributed by atoms with Gasteiger partial charge in [-0.1, -0.05) is 42.5 Å². The summed E-state index contributed by atoms with van der Waals surface area (Å²) in [5, 5.41) is 20.5. The van der Waals surface area contributed by atoms with Crippen molar-refractivity contribution >= 4 is 6.08 Å². The van der Waals surface area contributed by atoms with Crippen LogP contribution in [-0.2, 0) is 0 Å². The highest BCUT2D eigenvalue weighted by Crippen LogP contribution is 2.31. The van der Waals surface area contributed by atoms with Gasteiger partial charge in [0.15, 0.2) is 0 Å². The van der Waals surface area contributed by atoms with E-state index in [1.54, 1.807) is 6.08 Å². The van der Waals surface area contributed by atoms with Crippen LogP contribution in [0.15, 0.2) is 46.0 Å². The van der Waals surface area contributed by atoms with Gasteiger partial charge in [-0.05, 0) is 19.4 Å². The van der Waals surface area contributed by atoms with E-state index in [2.05, 4.69) is 19.9 Å². The molecule has 0 atom stereocenters. The lowest BCUT2D eigenvalue weighted by Crippen LogP contribution is -2.24. The number of rotatable bonds is 4. The third-order valence-electron chi connectivity index (χ3n) is 4.01. The first-order valence-electron chi connectivity index (χ1n) is 8.19. The Balaban J connectivity index is 2.24. The van der Waals surface area contributed by atoms with E-state index < -0.39 is 28.8 Å². The molecule has 0 aliphatic heterocycles. The van der Waals surface area contributed by atoms with Crippen molar-refractivity contribution in [3.63, 3.8) is 0 Å². The fourth-order valence-corrected chi connectivity index (χ4v) is 2.83. The highest BCUT2D eigenvalue weighted by Gasteiger charge is 2.27. The molecule has 27 heavy (non-hydrogen) atoms. The normalized spacial score (nSPS) is 11.4. The molecule has 0 bridgehead atoms. The van der Waals surface area contributed by atoms with Gasteiger partial charge in [0, 0.05) is 5.92 Å². The van der Waals surface area contributed by atoms with Crippen LogP contribution in [0.3, 0.4) is 0 Å². The lowest BCUT2D eigenvalue weighted by atomic mass is 9.92. The SMILES string of the molecule is Cc1nc(O)c(C(C=Cc2ccccc2)c2c(O)nc(C)[nH]c2=O)c(=O)[nH]1. The van der Waals surface area contributed by atoms with Crippen LogP contribution >= 0.6 is 0 Å². The van der Waals surface area contributed by atoms with Crippen LogP contribution in [-0.4, -0.2) is 30.1 Å². The number of aromatic nitrogens is 4. The van der Waals surface area contributed by atoms with Crippen molar-refractivity contribution in [3.8, 4) is 11.8 Å². The smallest absolute Gasteiger partial charge is 0.258 e. The Labute approximate surface area is 153 Å². The highest BCUT2D eigenvalue weighted by atomic mass is 16.3. The summed E-state index contributed by atoms with van der Waals surface area (Å²) in [4.78, 5) is 37.7. The van der Waals surface area contributed by atoms with Crippen LogP contribution in [0.2, 0.25) is 0 Å². The van der Waals surface area contributed by atoms with Gasteiger partial charge in [0.05, 0.1) is 11.1 Å². The molecule has 8 nitrogen and oxygen atoms in total. The van der Waals surface area contributed by atoms with Gasteiger partial charge in [0.1, 0.15) is 11.6 Å². The highest BCUT2D eigenvalue weighted by molar-refractivity contribution is 5.54. The summed E-state index contributed by atoms with van der Waals surface area (Å²) in [6.07, 6.45) is 3.22. The Morgan fingerprint density at radius 2 is 1.37 bits per heavy atom. The summed E-state index contributed by atoms with van der Waals surface area (Å²) in [5.74, 6) is -1.63. The molecule has 0 saturated heterocycles. The predicted molar refractivity (Wildman–Crippen MR) is 99.8 cm³/mol. The molecule has 0 unspecified atom stereocenters. The number of hydrogen-bond acceptors (Lipinski definition) is 6. The number of allylic oxidation sites excluding steroid dienone is 1. The maximum atomic E-state index is 12.5. The molecule has 0 amide bonds. The van der Waals surface area contributed by atoms with Gasteiger partial charge in [-0.3, -0.25) is 9.59 Å². The number of nitrogens with zero attached hydrogens (tertiary/aromatic N) is 2. The second-order valence-electron chi connectivity index (χ2n) is 6.02. The lowest BCUT2D eigenvalue weighted by Gasteiger charge is -2.14. The fourth-order valence-electron chi connectivity index (χ4n) is 2.83. The van der Waals surface area contributed by atoms with Gasteiger partial charge in [0.2, 0.25) is 11.8 Å². The molecule has 2 heterocycles. The zero-order chi connectivity index (χ0) is 19.6. The zero-order valence-electron chi connectivity index (χ0n) is 14.7. The molecule has 3 rings (SSSR count). The molecule has 0 aliphatic rings. The van der Waals surface area contributed by atoms with Crippen molar-refractivity contribution in [2.75, 3.05) is 0 Å². The Kier molecular flexibility index (Phi) is 4.89. The number of aryl methyl sites for hydroxylation is 2. The van der Waals surface area contributed by atoms with E-state index in [0.717, 1.165) is 5.56 Å². The molecule has 2 aromatic heterocycles. The molecule has 0 fully saturated rings. The minimum absolute atomic E-state index is 0.153. The van der Waals surface area contributed by atoms with Crippen LogP contribution in [0.4, 0.5) is 0 Å². The van der Waals surface area contributed by atoms with Gasteiger partial charge in [-0.15, -0.1) is 0 Å². The molecule has 3 aromatic rings. The topological polar surface area (TPSA) is 132 Å². The Bertz CT molecular complexity index is 1050. The van der Waals surface area contributed by atoms with Gasteiger partial charge in [0.25, 0.3) is 11.1 Å².